The fourth-order valence-corrected chi connectivity index (χ4v) is 1.86. The fraction of sp³-hybridized carbons (Fsp3) is 0.125. The molecule has 0 aliphatic rings. The number of rotatable bonds is 4. The number of esters is 1. The summed E-state index contributed by atoms with van der Waals surface area (Å²) in [5.74, 6) is -0.493. The molecule has 5 nitrogen and oxygen atoms in total. The minimum Gasteiger partial charge on any atom is -0.504 e. The molecule has 0 saturated carbocycles. The van der Waals surface area contributed by atoms with Crippen LogP contribution in [-0.4, -0.2) is 31.1 Å². The average molecular weight is 286 g/mol. The first-order valence-electron chi connectivity index (χ1n) is 6.17. The minimum absolute atomic E-state index is 0.0323. The van der Waals surface area contributed by atoms with Crippen LogP contribution < -0.4 is 4.74 Å². The number of aromatic hydroxyl groups is 1. The van der Waals surface area contributed by atoms with Crippen LogP contribution in [0.3, 0.4) is 0 Å². The number of hydrogen-bond acceptors (Lipinski definition) is 5. The first-order chi connectivity index (χ1) is 10.1. The van der Waals surface area contributed by atoms with Gasteiger partial charge in [0.2, 0.25) is 0 Å². The predicted octanol–water partition coefficient (Wildman–Crippen LogP) is 2.42. The maximum atomic E-state index is 12.3. The van der Waals surface area contributed by atoms with Crippen LogP contribution in [-0.2, 0) is 4.74 Å². The third-order valence-corrected chi connectivity index (χ3v) is 3.01. The molecule has 0 unspecified atom stereocenters. The van der Waals surface area contributed by atoms with Crippen LogP contribution in [0.25, 0.3) is 0 Å². The summed E-state index contributed by atoms with van der Waals surface area (Å²) < 4.78 is 9.57. The maximum Gasteiger partial charge on any atom is 0.337 e. The summed E-state index contributed by atoms with van der Waals surface area (Å²) in [4.78, 5) is 23.7. The second kappa shape index (κ2) is 6.09. The van der Waals surface area contributed by atoms with E-state index in [1.165, 1.54) is 44.6 Å². The van der Waals surface area contributed by atoms with Crippen molar-refractivity contribution < 1.29 is 24.2 Å². The molecule has 5 heteroatoms. The topological polar surface area (TPSA) is 72.8 Å². The smallest absolute Gasteiger partial charge is 0.337 e. The van der Waals surface area contributed by atoms with Gasteiger partial charge in [0.25, 0.3) is 0 Å². The summed E-state index contributed by atoms with van der Waals surface area (Å²) in [5, 5.41) is 9.52. The van der Waals surface area contributed by atoms with Gasteiger partial charge < -0.3 is 14.6 Å². The molecular weight excluding hydrogens is 272 g/mol. The van der Waals surface area contributed by atoms with Gasteiger partial charge in [-0.3, -0.25) is 4.79 Å². The van der Waals surface area contributed by atoms with Crippen molar-refractivity contribution >= 4 is 11.8 Å². The SMILES string of the molecule is COC(=O)c1ccc(C(=O)c2ccc(O)c(OC)c2)cc1. The number of methoxy groups -OCH3 is 2. The Balaban J connectivity index is 2.29. The molecule has 0 atom stereocenters. The summed E-state index contributed by atoms with van der Waals surface area (Å²) in [5.41, 5.74) is 1.18. The Bertz CT molecular complexity index is 674. The van der Waals surface area contributed by atoms with E-state index in [4.69, 9.17) is 4.74 Å². The van der Waals surface area contributed by atoms with Gasteiger partial charge in [-0.25, -0.2) is 4.79 Å². The third-order valence-electron chi connectivity index (χ3n) is 3.01. The number of ketones is 1. The van der Waals surface area contributed by atoms with Gasteiger partial charge in [-0.2, -0.15) is 0 Å². The highest BCUT2D eigenvalue weighted by Crippen LogP contribution is 2.27. The van der Waals surface area contributed by atoms with Crippen LogP contribution in [0.1, 0.15) is 26.3 Å². The van der Waals surface area contributed by atoms with Crippen LogP contribution in [0.2, 0.25) is 0 Å². The molecule has 0 bridgehead atoms. The van der Waals surface area contributed by atoms with Crippen molar-refractivity contribution in [1.29, 1.82) is 0 Å². The molecule has 108 valence electrons. The van der Waals surface area contributed by atoms with E-state index in [1.807, 2.05) is 0 Å². The predicted molar refractivity (Wildman–Crippen MR) is 75.9 cm³/mol. The number of hydrogen-bond donors (Lipinski definition) is 1. The number of phenols is 1. The molecule has 0 saturated heterocycles. The van der Waals surface area contributed by atoms with E-state index in [-0.39, 0.29) is 17.3 Å². The highest BCUT2D eigenvalue weighted by atomic mass is 16.5. The molecule has 0 heterocycles. The van der Waals surface area contributed by atoms with Crippen LogP contribution in [0.4, 0.5) is 0 Å². The van der Waals surface area contributed by atoms with Gasteiger partial charge in [0, 0.05) is 11.1 Å². The lowest BCUT2D eigenvalue weighted by molar-refractivity contribution is 0.0600. The molecule has 0 fully saturated rings. The lowest BCUT2D eigenvalue weighted by atomic mass is 10.0. The highest BCUT2D eigenvalue weighted by molar-refractivity contribution is 6.09. The Hall–Kier alpha value is -2.82. The Kier molecular flexibility index (Phi) is 4.23. The second-order valence-electron chi connectivity index (χ2n) is 4.28. The van der Waals surface area contributed by atoms with Crippen LogP contribution in [0, 0.1) is 0 Å². The minimum atomic E-state index is -0.458. The number of ether oxygens (including phenoxy) is 2. The van der Waals surface area contributed by atoms with E-state index in [0.29, 0.717) is 16.7 Å². The van der Waals surface area contributed by atoms with Crippen LogP contribution in [0.5, 0.6) is 11.5 Å². The van der Waals surface area contributed by atoms with Crippen molar-refractivity contribution in [2.45, 2.75) is 0 Å². The van der Waals surface area contributed by atoms with E-state index < -0.39 is 5.97 Å². The highest BCUT2D eigenvalue weighted by Gasteiger charge is 2.13. The Morgan fingerprint density at radius 1 is 0.905 bits per heavy atom. The van der Waals surface area contributed by atoms with Crippen LogP contribution >= 0.6 is 0 Å². The largest absolute Gasteiger partial charge is 0.504 e. The normalized spacial score (nSPS) is 10.0. The number of carbonyl (C=O) groups excluding carboxylic acids is 2. The van der Waals surface area contributed by atoms with Gasteiger partial charge in [0.05, 0.1) is 19.8 Å². The number of phenolic OH excluding ortho intramolecular Hbond substituents is 1. The third kappa shape index (κ3) is 3.02. The Labute approximate surface area is 121 Å². The molecule has 0 amide bonds. The molecule has 2 rings (SSSR count). The molecule has 0 aliphatic carbocycles. The van der Waals surface area contributed by atoms with Gasteiger partial charge >= 0.3 is 5.97 Å². The van der Waals surface area contributed by atoms with Crippen molar-refractivity contribution in [2.75, 3.05) is 14.2 Å². The molecule has 0 spiro atoms. The Morgan fingerprint density at radius 3 is 2.05 bits per heavy atom. The zero-order chi connectivity index (χ0) is 15.4. The first kappa shape index (κ1) is 14.6. The standard InChI is InChI=1S/C16H14O5/c1-20-14-9-12(7-8-13(14)17)15(18)10-3-5-11(6-4-10)16(19)21-2/h3-9,17H,1-2H3. The van der Waals surface area contributed by atoms with Gasteiger partial charge in [0.1, 0.15) is 0 Å². The molecule has 2 aromatic carbocycles. The van der Waals surface area contributed by atoms with Crippen molar-refractivity contribution in [3.8, 4) is 11.5 Å². The lowest BCUT2D eigenvalue weighted by Crippen LogP contribution is -2.04. The molecule has 0 radical (unpaired) electrons. The van der Waals surface area contributed by atoms with Gasteiger partial charge in [-0.15, -0.1) is 0 Å². The summed E-state index contributed by atoms with van der Waals surface area (Å²) in [7, 11) is 2.71. The second-order valence-corrected chi connectivity index (χ2v) is 4.28. The fourth-order valence-electron chi connectivity index (χ4n) is 1.86. The summed E-state index contributed by atoms with van der Waals surface area (Å²) in [6, 6.07) is 10.5. The summed E-state index contributed by atoms with van der Waals surface area (Å²) in [6.07, 6.45) is 0. The zero-order valence-corrected chi connectivity index (χ0v) is 11.6. The first-order valence-corrected chi connectivity index (χ1v) is 6.17. The van der Waals surface area contributed by atoms with Crippen molar-refractivity contribution in [1.82, 2.24) is 0 Å². The molecule has 1 N–H and O–H groups in total. The average Bonchev–Trinajstić information content (AvgIpc) is 2.54. The van der Waals surface area contributed by atoms with Gasteiger partial charge in [-0.1, -0.05) is 12.1 Å². The van der Waals surface area contributed by atoms with E-state index >= 15 is 0 Å². The van der Waals surface area contributed by atoms with Crippen molar-refractivity contribution in [2.24, 2.45) is 0 Å². The van der Waals surface area contributed by atoms with Crippen LogP contribution in [0.15, 0.2) is 42.5 Å². The lowest BCUT2D eigenvalue weighted by Gasteiger charge is -2.06. The summed E-state index contributed by atoms with van der Waals surface area (Å²) in [6.45, 7) is 0. The Morgan fingerprint density at radius 2 is 1.48 bits per heavy atom. The molecule has 21 heavy (non-hydrogen) atoms. The number of carbonyl (C=O) groups is 2. The van der Waals surface area contributed by atoms with Crippen molar-refractivity contribution in [3.63, 3.8) is 0 Å². The summed E-state index contributed by atoms with van der Waals surface area (Å²) >= 11 is 0. The quantitative estimate of drug-likeness (QED) is 0.690. The van der Waals surface area contributed by atoms with Gasteiger partial charge in [-0.05, 0) is 30.3 Å². The monoisotopic (exact) mass is 286 g/mol. The molecule has 0 aliphatic heterocycles. The van der Waals surface area contributed by atoms with E-state index in [9.17, 15) is 14.7 Å². The van der Waals surface area contributed by atoms with Crippen molar-refractivity contribution in [3.05, 3.63) is 59.2 Å². The number of benzene rings is 2. The maximum absolute atomic E-state index is 12.3. The van der Waals surface area contributed by atoms with E-state index in [2.05, 4.69) is 4.74 Å². The van der Waals surface area contributed by atoms with Gasteiger partial charge in [0.15, 0.2) is 17.3 Å². The molecular formula is C16H14O5. The zero-order valence-electron chi connectivity index (χ0n) is 11.6. The molecule has 0 aromatic heterocycles. The van der Waals surface area contributed by atoms with E-state index in [0.717, 1.165) is 0 Å². The molecule has 2 aromatic rings. The van der Waals surface area contributed by atoms with E-state index in [1.54, 1.807) is 12.1 Å².